The van der Waals surface area contributed by atoms with Gasteiger partial charge in [0.05, 0.1) is 29.0 Å². The van der Waals surface area contributed by atoms with Crippen molar-refractivity contribution in [1.82, 2.24) is 29.7 Å². The lowest BCUT2D eigenvalue weighted by Crippen LogP contribution is -2.55. The first kappa shape index (κ1) is 20.7. The molecular formula is C25H33N7O. The Kier molecular flexibility index (Phi) is 5.54. The molecule has 3 saturated heterocycles. The van der Waals surface area contributed by atoms with Gasteiger partial charge < -0.3 is 24.6 Å². The monoisotopic (exact) mass is 447 g/mol. The van der Waals surface area contributed by atoms with Crippen molar-refractivity contribution in [3.8, 4) is 0 Å². The van der Waals surface area contributed by atoms with Crippen LogP contribution in [0, 0.1) is 5.92 Å². The van der Waals surface area contributed by atoms with Crippen molar-refractivity contribution >= 4 is 33.7 Å². The SMILES string of the molecule is O=C(N1CCN(c2cnc3ncc4[nH]cccc4c23)CC1)N1CCCC(CN2CCCC2)C1. The molecule has 1 N–H and O–H groups in total. The number of carbonyl (C=O) groups is 1. The highest BCUT2D eigenvalue weighted by Crippen LogP contribution is 2.32. The van der Waals surface area contributed by atoms with Gasteiger partial charge in [-0.2, -0.15) is 0 Å². The summed E-state index contributed by atoms with van der Waals surface area (Å²) in [6, 6.07) is 4.37. The second-order valence-corrected chi connectivity index (χ2v) is 9.82. The molecule has 3 aliphatic rings. The molecule has 33 heavy (non-hydrogen) atoms. The van der Waals surface area contributed by atoms with E-state index < -0.39 is 0 Å². The van der Waals surface area contributed by atoms with E-state index in [-0.39, 0.29) is 6.03 Å². The van der Waals surface area contributed by atoms with Crippen molar-refractivity contribution in [2.24, 2.45) is 5.92 Å². The molecule has 0 spiro atoms. The number of aromatic nitrogens is 3. The van der Waals surface area contributed by atoms with Gasteiger partial charge in [-0.15, -0.1) is 0 Å². The molecule has 0 radical (unpaired) electrons. The van der Waals surface area contributed by atoms with Gasteiger partial charge in [-0.1, -0.05) is 6.07 Å². The maximum absolute atomic E-state index is 13.3. The molecule has 8 heteroatoms. The molecular weight excluding hydrogens is 414 g/mol. The lowest BCUT2D eigenvalue weighted by molar-refractivity contribution is 0.116. The number of piperazine rings is 1. The Labute approximate surface area is 194 Å². The number of anilines is 1. The largest absolute Gasteiger partial charge is 0.366 e. The predicted octanol–water partition coefficient (Wildman–Crippen LogP) is 3.16. The Balaban J connectivity index is 1.11. The zero-order chi connectivity index (χ0) is 22.2. The minimum atomic E-state index is 0.230. The molecule has 0 aromatic carbocycles. The third-order valence-electron chi connectivity index (χ3n) is 7.66. The summed E-state index contributed by atoms with van der Waals surface area (Å²) < 4.78 is 0. The van der Waals surface area contributed by atoms with Crippen molar-refractivity contribution < 1.29 is 4.79 Å². The number of likely N-dealkylation sites (tertiary alicyclic amines) is 2. The van der Waals surface area contributed by atoms with Gasteiger partial charge in [0.25, 0.3) is 0 Å². The molecule has 0 bridgehead atoms. The fourth-order valence-electron chi connectivity index (χ4n) is 5.92. The summed E-state index contributed by atoms with van der Waals surface area (Å²) in [5, 5.41) is 2.25. The molecule has 3 aromatic heterocycles. The van der Waals surface area contributed by atoms with Crippen LogP contribution in [0.4, 0.5) is 10.5 Å². The van der Waals surface area contributed by atoms with Crippen LogP contribution >= 0.6 is 0 Å². The zero-order valence-corrected chi connectivity index (χ0v) is 19.2. The van der Waals surface area contributed by atoms with E-state index in [2.05, 4.69) is 40.6 Å². The average Bonchev–Trinajstić information content (AvgIpc) is 3.54. The summed E-state index contributed by atoms with van der Waals surface area (Å²) in [4.78, 5) is 34.8. The number of aromatic amines is 1. The molecule has 3 fully saturated rings. The van der Waals surface area contributed by atoms with E-state index >= 15 is 0 Å². The number of amides is 2. The molecule has 0 saturated carbocycles. The van der Waals surface area contributed by atoms with Crippen LogP contribution in [-0.4, -0.2) is 94.6 Å². The first-order valence-electron chi connectivity index (χ1n) is 12.5. The van der Waals surface area contributed by atoms with Crippen LogP contribution in [0.3, 0.4) is 0 Å². The molecule has 3 aromatic rings. The smallest absolute Gasteiger partial charge is 0.320 e. The second-order valence-electron chi connectivity index (χ2n) is 9.82. The highest BCUT2D eigenvalue weighted by molar-refractivity contribution is 6.10. The zero-order valence-electron chi connectivity index (χ0n) is 19.2. The van der Waals surface area contributed by atoms with Crippen molar-refractivity contribution in [3.05, 3.63) is 30.7 Å². The van der Waals surface area contributed by atoms with Crippen LogP contribution in [-0.2, 0) is 0 Å². The minimum absolute atomic E-state index is 0.230. The van der Waals surface area contributed by atoms with Crippen LogP contribution in [0.5, 0.6) is 0 Å². The quantitative estimate of drug-likeness (QED) is 0.668. The first-order chi connectivity index (χ1) is 16.3. The van der Waals surface area contributed by atoms with Gasteiger partial charge in [0.1, 0.15) is 0 Å². The number of rotatable bonds is 3. The maximum Gasteiger partial charge on any atom is 0.320 e. The number of H-pyrrole nitrogens is 1. The predicted molar refractivity (Wildman–Crippen MR) is 131 cm³/mol. The number of nitrogens with one attached hydrogen (secondary N) is 1. The highest BCUT2D eigenvalue weighted by atomic mass is 16.2. The molecule has 6 heterocycles. The number of piperidine rings is 1. The second kappa shape index (κ2) is 8.82. The van der Waals surface area contributed by atoms with Crippen LogP contribution in [0.2, 0.25) is 0 Å². The fourth-order valence-corrected chi connectivity index (χ4v) is 5.92. The summed E-state index contributed by atoms with van der Waals surface area (Å²) in [6.07, 6.45) is 10.8. The van der Waals surface area contributed by atoms with E-state index in [1.54, 1.807) is 0 Å². The third-order valence-corrected chi connectivity index (χ3v) is 7.66. The topological polar surface area (TPSA) is 71.6 Å². The summed E-state index contributed by atoms with van der Waals surface area (Å²) in [5.41, 5.74) is 2.92. The number of hydrogen-bond acceptors (Lipinski definition) is 5. The van der Waals surface area contributed by atoms with E-state index in [0.717, 1.165) is 79.9 Å². The summed E-state index contributed by atoms with van der Waals surface area (Å²) in [5.74, 6) is 0.626. The van der Waals surface area contributed by atoms with Gasteiger partial charge in [-0.05, 0) is 50.8 Å². The van der Waals surface area contributed by atoms with Crippen LogP contribution in [0.15, 0.2) is 30.7 Å². The number of pyridine rings is 2. The molecule has 2 amide bonds. The Morgan fingerprint density at radius 1 is 0.970 bits per heavy atom. The molecule has 1 unspecified atom stereocenters. The van der Waals surface area contributed by atoms with Gasteiger partial charge in [-0.3, -0.25) is 0 Å². The number of carbonyl (C=O) groups excluding carboxylic acids is 1. The van der Waals surface area contributed by atoms with Crippen molar-refractivity contribution in [3.63, 3.8) is 0 Å². The van der Waals surface area contributed by atoms with Crippen LogP contribution in [0.25, 0.3) is 21.9 Å². The third kappa shape index (κ3) is 4.01. The Hall–Kier alpha value is -2.87. The Morgan fingerprint density at radius 2 is 1.79 bits per heavy atom. The van der Waals surface area contributed by atoms with Crippen molar-refractivity contribution in [2.45, 2.75) is 25.7 Å². The first-order valence-corrected chi connectivity index (χ1v) is 12.5. The van der Waals surface area contributed by atoms with E-state index in [1.165, 1.54) is 32.4 Å². The van der Waals surface area contributed by atoms with Crippen LogP contribution < -0.4 is 4.90 Å². The van der Waals surface area contributed by atoms with E-state index in [0.29, 0.717) is 5.92 Å². The van der Waals surface area contributed by atoms with Gasteiger partial charge in [-0.25, -0.2) is 14.8 Å². The molecule has 8 nitrogen and oxygen atoms in total. The number of nitrogens with zero attached hydrogens (tertiary/aromatic N) is 6. The summed E-state index contributed by atoms with van der Waals surface area (Å²) in [7, 11) is 0. The van der Waals surface area contributed by atoms with E-state index in [1.807, 2.05) is 24.7 Å². The summed E-state index contributed by atoms with van der Waals surface area (Å²) >= 11 is 0. The van der Waals surface area contributed by atoms with Gasteiger partial charge in [0.2, 0.25) is 0 Å². The molecule has 0 aliphatic carbocycles. The van der Waals surface area contributed by atoms with E-state index in [9.17, 15) is 4.79 Å². The molecule has 1 atom stereocenters. The Bertz CT molecular complexity index is 1130. The maximum atomic E-state index is 13.3. The van der Waals surface area contributed by atoms with E-state index in [4.69, 9.17) is 0 Å². The van der Waals surface area contributed by atoms with Crippen molar-refractivity contribution in [1.29, 1.82) is 0 Å². The van der Waals surface area contributed by atoms with Crippen molar-refractivity contribution in [2.75, 3.05) is 63.8 Å². The van der Waals surface area contributed by atoms with Gasteiger partial charge >= 0.3 is 6.03 Å². The van der Waals surface area contributed by atoms with Gasteiger partial charge in [0.15, 0.2) is 5.65 Å². The lowest BCUT2D eigenvalue weighted by atomic mass is 9.97. The molecule has 6 rings (SSSR count). The average molecular weight is 448 g/mol. The summed E-state index contributed by atoms with van der Waals surface area (Å²) in [6.45, 7) is 8.61. The number of fused-ring (bicyclic) bond motifs is 3. The normalized spacial score (nSPS) is 22.5. The van der Waals surface area contributed by atoms with Crippen LogP contribution in [0.1, 0.15) is 25.7 Å². The standard InChI is InChI=1S/C25H33N7O/c33-25(32-10-4-5-19(18-32)17-29-8-1-2-9-29)31-13-11-30(12-14-31)22-16-28-24-23(22)20-6-3-7-26-21(20)15-27-24/h3,6-7,15-16,19,26H,1-2,4-5,8-14,17-18H2. The highest BCUT2D eigenvalue weighted by Gasteiger charge is 2.31. The molecule has 3 aliphatic heterocycles. The number of hydrogen-bond donors (Lipinski definition) is 1. The molecule has 174 valence electrons. The Morgan fingerprint density at radius 3 is 2.64 bits per heavy atom. The fraction of sp³-hybridized carbons (Fsp3) is 0.560. The van der Waals surface area contributed by atoms with Gasteiger partial charge in [0, 0.05) is 57.4 Å². The lowest BCUT2D eigenvalue weighted by Gasteiger charge is -2.41. The number of urea groups is 1. The minimum Gasteiger partial charge on any atom is -0.366 e.